The number of aromatic nitrogens is 2. The van der Waals surface area contributed by atoms with E-state index in [1.54, 1.807) is 25.4 Å². The predicted octanol–water partition coefficient (Wildman–Crippen LogP) is 2.59. The second-order valence-electron chi connectivity index (χ2n) is 6.51. The molecule has 0 spiro atoms. The molecule has 1 N–H and O–H groups in total. The molecule has 0 unspecified atom stereocenters. The zero-order chi connectivity index (χ0) is 20.5. The monoisotopic (exact) mass is 396 g/mol. The maximum Gasteiger partial charge on any atom is 0.330 e. The molecular formula is C21H24N4O4. The van der Waals surface area contributed by atoms with Crippen LogP contribution in [-0.2, 0) is 25.8 Å². The Morgan fingerprint density at radius 2 is 2.10 bits per heavy atom. The number of nitrogens with one attached hydrogen (secondary N) is 1. The number of carbonyl (C=O) groups excluding carboxylic acids is 2. The lowest BCUT2D eigenvalue weighted by Crippen LogP contribution is -2.45. The van der Waals surface area contributed by atoms with E-state index >= 15 is 0 Å². The van der Waals surface area contributed by atoms with Gasteiger partial charge in [-0.1, -0.05) is 30.3 Å². The number of carbonyl (C=O) groups is 2. The van der Waals surface area contributed by atoms with Gasteiger partial charge in [0.15, 0.2) is 0 Å². The van der Waals surface area contributed by atoms with Crippen molar-refractivity contribution in [2.45, 2.75) is 32.4 Å². The molecule has 0 bridgehead atoms. The van der Waals surface area contributed by atoms with Gasteiger partial charge in [0.05, 0.1) is 31.2 Å². The first-order valence-electron chi connectivity index (χ1n) is 9.54. The summed E-state index contributed by atoms with van der Waals surface area (Å²) in [6.07, 6.45) is 7.12. The summed E-state index contributed by atoms with van der Waals surface area (Å²) in [5.41, 5.74) is 1.56. The third-order valence-corrected chi connectivity index (χ3v) is 4.30. The molecule has 1 fully saturated rings. The lowest BCUT2D eigenvalue weighted by Gasteiger charge is -2.32. The molecule has 1 aromatic carbocycles. The highest BCUT2D eigenvalue weighted by Gasteiger charge is 2.26. The van der Waals surface area contributed by atoms with Gasteiger partial charge in [0.1, 0.15) is 12.4 Å². The molecule has 2 heterocycles. The highest BCUT2D eigenvalue weighted by atomic mass is 16.7. The third-order valence-electron chi connectivity index (χ3n) is 4.30. The van der Waals surface area contributed by atoms with Crippen LogP contribution < -0.4 is 5.32 Å². The zero-order valence-corrected chi connectivity index (χ0v) is 16.3. The molecule has 8 heteroatoms. The van der Waals surface area contributed by atoms with E-state index in [2.05, 4.69) is 15.3 Å². The van der Waals surface area contributed by atoms with E-state index in [0.29, 0.717) is 44.1 Å². The summed E-state index contributed by atoms with van der Waals surface area (Å²) in [7, 11) is 0. The van der Waals surface area contributed by atoms with Gasteiger partial charge in [-0.05, 0) is 25.0 Å². The van der Waals surface area contributed by atoms with Gasteiger partial charge in [-0.2, -0.15) is 0 Å². The molecule has 2 aromatic rings. The van der Waals surface area contributed by atoms with Crippen molar-refractivity contribution in [2.24, 2.45) is 0 Å². The van der Waals surface area contributed by atoms with Crippen molar-refractivity contribution >= 4 is 23.8 Å². The van der Waals surface area contributed by atoms with Gasteiger partial charge in [-0.25, -0.2) is 14.8 Å². The molecule has 8 nitrogen and oxygen atoms in total. The van der Waals surface area contributed by atoms with Gasteiger partial charge in [-0.3, -0.25) is 14.6 Å². The fraction of sp³-hybridized carbons (Fsp3) is 0.333. The number of anilines is 1. The van der Waals surface area contributed by atoms with Crippen LogP contribution in [0.15, 0.2) is 48.8 Å². The standard InChI is InChI=1S/C21H24N4O4/c1-2-28-21(27)11-9-17-12-23-19(13-22-17)24-18-8-10-20(26)25(14-18)29-15-16-6-4-3-5-7-16/h3-7,9,11-13,18H,2,8,10,14-15H2,1H3,(H,23,24)/t18-/m1/s1. The number of hydroxylamine groups is 2. The summed E-state index contributed by atoms with van der Waals surface area (Å²) in [5, 5.41) is 4.69. The molecule has 1 amide bonds. The van der Waals surface area contributed by atoms with E-state index in [0.717, 1.165) is 5.56 Å². The Bertz CT molecular complexity index is 840. The molecule has 0 radical (unpaired) electrons. The van der Waals surface area contributed by atoms with Crippen LogP contribution in [0.4, 0.5) is 5.82 Å². The number of ether oxygens (including phenoxy) is 1. The van der Waals surface area contributed by atoms with Crippen molar-refractivity contribution in [3.63, 3.8) is 0 Å². The van der Waals surface area contributed by atoms with Crippen LogP contribution in [0.25, 0.3) is 6.08 Å². The molecule has 1 aliphatic heterocycles. The Labute approximate surface area is 169 Å². The van der Waals surface area contributed by atoms with Crippen LogP contribution in [0.1, 0.15) is 31.0 Å². The number of esters is 1. The maximum atomic E-state index is 12.1. The SMILES string of the molecule is CCOC(=O)C=Cc1cnc(N[C@@H]2CCC(=O)N(OCc3ccccc3)C2)cn1. The van der Waals surface area contributed by atoms with E-state index in [-0.39, 0.29) is 11.9 Å². The van der Waals surface area contributed by atoms with Crippen molar-refractivity contribution in [1.82, 2.24) is 15.0 Å². The highest BCUT2D eigenvalue weighted by molar-refractivity contribution is 5.86. The fourth-order valence-corrected chi connectivity index (χ4v) is 2.84. The van der Waals surface area contributed by atoms with Crippen LogP contribution in [0.2, 0.25) is 0 Å². The smallest absolute Gasteiger partial charge is 0.330 e. The van der Waals surface area contributed by atoms with E-state index in [9.17, 15) is 9.59 Å². The molecule has 0 saturated carbocycles. The molecule has 0 aliphatic carbocycles. The second kappa shape index (κ2) is 10.3. The maximum absolute atomic E-state index is 12.1. The van der Waals surface area contributed by atoms with E-state index in [1.807, 2.05) is 30.3 Å². The Morgan fingerprint density at radius 1 is 1.28 bits per heavy atom. The van der Waals surface area contributed by atoms with Crippen LogP contribution in [0, 0.1) is 0 Å². The highest BCUT2D eigenvalue weighted by Crippen LogP contribution is 2.17. The van der Waals surface area contributed by atoms with E-state index < -0.39 is 5.97 Å². The molecular weight excluding hydrogens is 372 g/mol. The van der Waals surface area contributed by atoms with Crippen molar-refractivity contribution in [1.29, 1.82) is 0 Å². The Hall–Kier alpha value is -3.26. The van der Waals surface area contributed by atoms with Crippen molar-refractivity contribution in [3.05, 3.63) is 60.1 Å². The van der Waals surface area contributed by atoms with Crippen LogP contribution in [0.5, 0.6) is 0 Å². The minimum Gasteiger partial charge on any atom is -0.463 e. The van der Waals surface area contributed by atoms with Gasteiger partial charge in [0.25, 0.3) is 0 Å². The summed E-state index contributed by atoms with van der Waals surface area (Å²) in [6.45, 7) is 2.85. The minimum absolute atomic E-state index is 0.0127. The first kappa shape index (κ1) is 20.5. The minimum atomic E-state index is -0.418. The summed E-state index contributed by atoms with van der Waals surface area (Å²) in [4.78, 5) is 37.7. The normalized spacial score (nSPS) is 16.8. The van der Waals surface area contributed by atoms with E-state index in [1.165, 1.54) is 11.1 Å². The number of nitrogens with zero attached hydrogens (tertiary/aromatic N) is 3. The lowest BCUT2D eigenvalue weighted by atomic mass is 10.1. The third kappa shape index (κ3) is 6.39. The van der Waals surface area contributed by atoms with Crippen LogP contribution in [-0.4, -0.2) is 46.1 Å². The Kier molecular flexibility index (Phi) is 7.29. The summed E-state index contributed by atoms with van der Waals surface area (Å²) in [6, 6.07) is 9.74. The number of hydrogen-bond donors (Lipinski definition) is 1. The fourth-order valence-electron chi connectivity index (χ4n) is 2.84. The van der Waals surface area contributed by atoms with Gasteiger partial charge >= 0.3 is 5.97 Å². The molecule has 1 saturated heterocycles. The predicted molar refractivity (Wildman–Crippen MR) is 107 cm³/mol. The van der Waals surface area contributed by atoms with Crippen LogP contribution in [0.3, 0.4) is 0 Å². The second-order valence-corrected chi connectivity index (χ2v) is 6.51. The average Bonchev–Trinajstić information content (AvgIpc) is 2.74. The first-order valence-corrected chi connectivity index (χ1v) is 9.54. The van der Waals surface area contributed by atoms with Crippen molar-refractivity contribution < 1.29 is 19.2 Å². The number of hydrogen-bond acceptors (Lipinski definition) is 7. The molecule has 29 heavy (non-hydrogen) atoms. The summed E-state index contributed by atoms with van der Waals surface area (Å²) < 4.78 is 4.82. The number of amides is 1. The van der Waals surface area contributed by atoms with Gasteiger partial charge < -0.3 is 10.1 Å². The largest absolute Gasteiger partial charge is 0.463 e. The topological polar surface area (TPSA) is 93.6 Å². The zero-order valence-electron chi connectivity index (χ0n) is 16.3. The molecule has 1 atom stereocenters. The lowest BCUT2D eigenvalue weighted by molar-refractivity contribution is -0.197. The van der Waals surface area contributed by atoms with E-state index in [4.69, 9.17) is 9.57 Å². The molecule has 3 rings (SSSR count). The molecule has 1 aliphatic rings. The Morgan fingerprint density at radius 3 is 2.83 bits per heavy atom. The van der Waals surface area contributed by atoms with Gasteiger partial charge in [-0.15, -0.1) is 0 Å². The molecule has 1 aromatic heterocycles. The average molecular weight is 396 g/mol. The summed E-state index contributed by atoms with van der Waals surface area (Å²) >= 11 is 0. The van der Waals surface area contributed by atoms with Crippen molar-refractivity contribution in [3.8, 4) is 0 Å². The molecule has 152 valence electrons. The first-order chi connectivity index (χ1) is 14.1. The quantitative estimate of drug-likeness (QED) is 0.541. The number of rotatable bonds is 8. The van der Waals surface area contributed by atoms with Gasteiger partial charge in [0, 0.05) is 18.5 Å². The number of benzene rings is 1. The van der Waals surface area contributed by atoms with Crippen molar-refractivity contribution in [2.75, 3.05) is 18.5 Å². The van der Waals surface area contributed by atoms with Crippen LogP contribution >= 0.6 is 0 Å². The number of piperidine rings is 1. The van der Waals surface area contributed by atoms with Gasteiger partial charge in [0.2, 0.25) is 5.91 Å². The Balaban J connectivity index is 1.51. The summed E-state index contributed by atoms with van der Waals surface area (Å²) in [5.74, 6) is 0.157.